The number of aliphatic imine (C=N–C) groups is 1. The molecule has 1 heterocycles. The van der Waals surface area contributed by atoms with Crippen molar-refractivity contribution in [3.63, 3.8) is 0 Å². The summed E-state index contributed by atoms with van der Waals surface area (Å²) in [6.45, 7) is 10.1. The summed E-state index contributed by atoms with van der Waals surface area (Å²) in [6.07, 6.45) is -0.582. The average Bonchev–Trinajstić information content (AvgIpc) is 3.31. The average molecular weight is 566 g/mol. The second-order valence-corrected chi connectivity index (χ2v) is 11.2. The molecule has 220 valence electrons. The molecule has 41 heavy (non-hydrogen) atoms. The van der Waals surface area contributed by atoms with Crippen LogP contribution in [0, 0.1) is 5.92 Å². The molecular formula is C30H39N5O6. The topological polar surface area (TPSA) is 155 Å². The zero-order valence-electron chi connectivity index (χ0n) is 24.3. The summed E-state index contributed by atoms with van der Waals surface area (Å²) in [4.78, 5) is 34.6. The molecule has 11 heteroatoms. The van der Waals surface area contributed by atoms with E-state index < -0.39 is 29.1 Å². The van der Waals surface area contributed by atoms with Gasteiger partial charge in [-0.2, -0.15) is 0 Å². The third-order valence-electron chi connectivity index (χ3n) is 6.20. The summed E-state index contributed by atoms with van der Waals surface area (Å²) in [7, 11) is 0. The van der Waals surface area contributed by atoms with E-state index in [9.17, 15) is 15.1 Å². The van der Waals surface area contributed by atoms with Gasteiger partial charge in [0.15, 0.2) is 11.6 Å². The molecule has 2 aromatic carbocycles. The maximum atomic E-state index is 14.0. The molecular weight excluding hydrogens is 526 g/mol. The lowest BCUT2D eigenvalue weighted by molar-refractivity contribution is -0.155. The number of amides is 1. The third-order valence-corrected chi connectivity index (χ3v) is 6.20. The molecule has 1 aliphatic heterocycles. The molecule has 0 fully saturated rings. The third kappa shape index (κ3) is 8.45. The van der Waals surface area contributed by atoms with Crippen LogP contribution in [0.1, 0.15) is 71.1 Å². The monoisotopic (exact) mass is 565 g/mol. The zero-order chi connectivity index (χ0) is 30.0. The molecule has 2 atom stereocenters. The van der Waals surface area contributed by atoms with Crippen molar-refractivity contribution >= 4 is 23.5 Å². The Hall–Kier alpha value is -4.08. The van der Waals surface area contributed by atoms with Crippen molar-refractivity contribution in [1.29, 1.82) is 0 Å². The Balaban J connectivity index is 2.09. The van der Waals surface area contributed by atoms with Crippen LogP contribution in [0.5, 0.6) is 5.75 Å². The number of aliphatic hydroxyl groups is 1. The predicted octanol–water partition coefficient (Wildman–Crippen LogP) is 5.54. The van der Waals surface area contributed by atoms with Crippen molar-refractivity contribution in [3.05, 3.63) is 70.1 Å². The van der Waals surface area contributed by atoms with E-state index in [1.807, 2.05) is 13.8 Å². The van der Waals surface area contributed by atoms with E-state index >= 15 is 0 Å². The summed E-state index contributed by atoms with van der Waals surface area (Å²) in [6, 6.07) is 13.9. The lowest BCUT2D eigenvalue weighted by Gasteiger charge is -2.31. The van der Waals surface area contributed by atoms with E-state index in [2.05, 4.69) is 15.3 Å². The fourth-order valence-electron chi connectivity index (χ4n) is 4.33. The molecule has 0 radical (unpaired) electrons. The highest BCUT2D eigenvalue weighted by molar-refractivity contribution is 6.01. The van der Waals surface area contributed by atoms with E-state index in [1.54, 1.807) is 69.3 Å². The number of hydrogen-bond donors (Lipinski definition) is 2. The lowest BCUT2D eigenvalue weighted by Crippen LogP contribution is -2.49. The molecule has 1 amide bonds. The van der Waals surface area contributed by atoms with Gasteiger partial charge in [-0.3, -0.25) is 9.59 Å². The number of benzene rings is 2. The van der Waals surface area contributed by atoms with Gasteiger partial charge in [-0.1, -0.05) is 43.2 Å². The summed E-state index contributed by atoms with van der Waals surface area (Å²) in [5, 5.41) is 15.8. The minimum absolute atomic E-state index is 0.00698. The van der Waals surface area contributed by atoms with Crippen LogP contribution >= 0.6 is 0 Å². The highest BCUT2D eigenvalue weighted by atomic mass is 16.6. The fourth-order valence-corrected chi connectivity index (χ4v) is 4.33. The molecule has 2 N–H and O–H groups in total. The number of azide groups is 1. The van der Waals surface area contributed by atoms with Gasteiger partial charge in [0.2, 0.25) is 5.90 Å². The van der Waals surface area contributed by atoms with Crippen molar-refractivity contribution in [2.24, 2.45) is 16.0 Å². The Bertz CT molecular complexity index is 1280. The quantitative estimate of drug-likeness (QED) is 0.107. The molecule has 0 bridgehead atoms. The Morgan fingerprint density at radius 2 is 1.90 bits per heavy atom. The van der Waals surface area contributed by atoms with Crippen LogP contribution < -0.4 is 10.1 Å². The van der Waals surface area contributed by atoms with Crippen molar-refractivity contribution in [2.75, 3.05) is 19.8 Å². The maximum Gasteiger partial charge on any atom is 0.306 e. The Morgan fingerprint density at radius 1 is 1.20 bits per heavy atom. The number of carbonyl (C=O) groups excluding carboxylic acids is 2. The summed E-state index contributed by atoms with van der Waals surface area (Å²) in [5.41, 5.74) is 8.32. The van der Waals surface area contributed by atoms with E-state index in [4.69, 9.17) is 24.3 Å². The van der Waals surface area contributed by atoms with Crippen LogP contribution in [0.25, 0.3) is 10.4 Å². The number of ether oxygens (including phenoxy) is 3. The van der Waals surface area contributed by atoms with Crippen molar-refractivity contribution in [3.8, 4) is 5.75 Å². The molecule has 0 saturated heterocycles. The fraction of sp³-hybridized carbons (Fsp3) is 0.500. The Kier molecular flexibility index (Phi) is 10.7. The van der Waals surface area contributed by atoms with Crippen molar-refractivity contribution in [1.82, 2.24) is 5.32 Å². The first-order chi connectivity index (χ1) is 19.5. The van der Waals surface area contributed by atoms with Gasteiger partial charge < -0.3 is 24.6 Å². The standard InChI is InChI=1S/C30H39N5O6/c1-20(2)19-32-28(38)30(16-15-25(37)41-29(3,4)5)26(23-9-6-7-10-24(23)34-35-31)40-27(33-30)21-11-13-22(14-12-21)39-18-8-17-36/h6-7,9-14,20,26,36H,8,15-19H2,1-5H3,(H,32,38)/t26-,30-/m1/s1. The molecule has 11 nitrogen and oxygen atoms in total. The van der Waals surface area contributed by atoms with Gasteiger partial charge in [-0.15, -0.1) is 0 Å². The Morgan fingerprint density at radius 3 is 2.54 bits per heavy atom. The van der Waals surface area contributed by atoms with Gasteiger partial charge in [0.25, 0.3) is 5.91 Å². The molecule has 0 aromatic heterocycles. The second-order valence-electron chi connectivity index (χ2n) is 11.2. The minimum atomic E-state index is -1.56. The number of rotatable bonds is 13. The first kappa shape index (κ1) is 31.4. The van der Waals surface area contributed by atoms with Gasteiger partial charge in [-0.05, 0) is 62.9 Å². The van der Waals surface area contributed by atoms with Crippen LogP contribution in [-0.2, 0) is 19.1 Å². The molecule has 0 saturated carbocycles. The van der Waals surface area contributed by atoms with Gasteiger partial charge >= 0.3 is 5.97 Å². The molecule has 1 aliphatic rings. The number of hydrogen-bond acceptors (Lipinski definition) is 8. The smallest absolute Gasteiger partial charge is 0.306 e. The summed E-state index contributed by atoms with van der Waals surface area (Å²) >= 11 is 0. The second kappa shape index (κ2) is 14.0. The van der Waals surface area contributed by atoms with Crippen LogP contribution in [0.4, 0.5) is 5.69 Å². The van der Waals surface area contributed by atoms with Crippen molar-refractivity contribution in [2.45, 2.75) is 71.1 Å². The Labute approximate surface area is 240 Å². The number of nitrogens with one attached hydrogen (secondary N) is 1. The van der Waals surface area contributed by atoms with Gasteiger partial charge in [0.1, 0.15) is 11.4 Å². The molecule has 3 rings (SSSR count). The molecule has 0 spiro atoms. The van der Waals surface area contributed by atoms with E-state index in [-0.39, 0.29) is 31.3 Å². The minimum Gasteiger partial charge on any atom is -0.494 e. The van der Waals surface area contributed by atoms with Gasteiger partial charge in [-0.25, -0.2) is 4.99 Å². The lowest BCUT2D eigenvalue weighted by atomic mass is 9.82. The first-order valence-corrected chi connectivity index (χ1v) is 13.7. The van der Waals surface area contributed by atoms with E-state index in [0.717, 1.165) is 0 Å². The number of aliphatic hydroxyl groups excluding tert-OH is 1. The SMILES string of the molecule is CC(C)CNC(=O)[C@]1(CCC(=O)OC(C)(C)C)N=C(c2ccc(OCCCO)cc2)O[C@@H]1c1ccccc1N=[N+]=[N-]. The van der Waals surface area contributed by atoms with Crippen molar-refractivity contribution < 1.29 is 28.9 Å². The van der Waals surface area contributed by atoms with Crippen LogP contribution in [-0.4, -0.2) is 53.8 Å². The first-order valence-electron chi connectivity index (χ1n) is 13.7. The molecule has 0 unspecified atom stereocenters. The van der Waals surface area contributed by atoms with Gasteiger partial charge in [0, 0.05) is 47.7 Å². The van der Waals surface area contributed by atoms with Crippen LogP contribution in [0.15, 0.2) is 58.6 Å². The molecule has 2 aromatic rings. The normalized spacial score (nSPS) is 18.2. The number of esters is 1. The van der Waals surface area contributed by atoms with E-state index in [1.165, 1.54) is 0 Å². The summed E-state index contributed by atoms with van der Waals surface area (Å²) in [5.74, 6) is 0.103. The maximum absolute atomic E-state index is 14.0. The van der Waals surface area contributed by atoms with Crippen LogP contribution in [0.2, 0.25) is 0 Å². The zero-order valence-corrected chi connectivity index (χ0v) is 24.3. The largest absolute Gasteiger partial charge is 0.494 e. The van der Waals surface area contributed by atoms with Gasteiger partial charge in [0.05, 0.1) is 6.61 Å². The predicted molar refractivity (Wildman–Crippen MR) is 155 cm³/mol. The van der Waals surface area contributed by atoms with Crippen LogP contribution in [0.3, 0.4) is 0 Å². The molecule has 0 aliphatic carbocycles. The highest BCUT2D eigenvalue weighted by Crippen LogP contribution is 2.46. The number of nitrogens with zero attached hydrogens (tertiary/aromatic N) is 4. The highest BCUT2D eigenvalue weighted by Gasteiger charge is 2.53. The number of carbonyl (C=O) groups is 2. The summed E-state index contributed by atoms with van der Waals surface area (Å²) < 4.78 is 17.6. The van der Waals surface area contributed by atoms with E-state index in [0.29, 0.717) is 42.1 Å².